The van der Waals surface area contributed by atoms with Crippen LogP contribution in [0.25, 0.3) is 0 Å². The van der Waals surface area contributed by atoms with Gasteiger partial charge in [-0.25, -0.2) is 4.39 Å². The summed E-state index contributed by atoms with van der Waals surface area (Å²) in [7, 11) is 1.38. The number of nitroso groups, excluding NO2 is 1. The average Bonchev–Trinajstić information content (AvgIpc) is 2.05. The van der Waals surface area contributed by atoms with E-state index < -0.39 is 5.82 Å². The predicted octanol–water partition coefficient (Wildman–Crippen LogP) is 2.10. The van der Waals surface area contributed by atoms with E-state index in [0.29, 0.717) is 5.56 Å². The van der Waals surface area contributed by atoms with Crippen LogP contribution in [-0.2, 0) is 6.54 Å². The molecule has 0 N–H and O–H groups in total. The SMILES string of the molecule is COc1ccc(CN=O)cc1F. The molecule has 0 aliphatic heterocycles. The van der Waals surface area contributed by atoms with Crippen LogP contribution in [-0.4, -0.2) is 7.11 Å². The van der Waals surface area contributed by atoms with Gasteiger partial charge in [-0.1, -0.05) is 11.2 Å². The minimum Gasteiger partial charge on any atom is -0.494 e. The first-order valence-electron chi connectivity index (χ1n) is 3.39. The standard InChI is InChI=1S/C8H8FNO2/c1-12-8-3-2-6(5-10-11)4-7(8)9/h2-4H,5H2,1H3. The fourth-order valence-corrected chi connectivity index (χ4v) is 0.883. The van der Waals surface area contributed by atoms with Crippen molar-refractivity contribution < 1.29 is 9.13 Å². The van der Waals surface area contributed by atoms with E-state index in [1.54, 1.807) is 6.07 Å². The van der Waals surface area contributed by atoms with Crippen molar-refractivity contribution in [3.8, 4) is 5.75 Å². The zero-order valence-electron chi connectivity index (χ0n) is 6.58. The molecule has 0 amide bonds. The molecule has 0 aliphatic carbocycles. The molecule has 0 aliphatic rings. The topological polar surface area (TPSA) is 38.7 Å². The van der Waals surface area contributed by atoms with Crippen LogP contribution < -0.4 is 4.74 Å². The van der Waals surface area contributed by atoms with Gasteiger partial charge in [0.05, 0.1) is 7.11 Å². The number of ether oxygens (including phenoxy) is 1. The van der Waals surface area contributed by atoms with Gasteiger partial charge in [-0.05, 0) is 17.7 Å². The summed E-state index contributed by atoms with van der Waals surface area (Å²) in [6.07, 6.45) is 0. The lowest BCUT2D eigenvalue weighted by Gasteiger charge is -2.01. The molecule has 0 radical (unpaired) electrons. The molecular weight excluding hydrogens is 161 g/mol. The summed E-state index contributed by atoms with van der Waals surface area (Å²) in [5, 5.41) is 2.65. The van der Waals surface area contributed by atoms with Crippen molar-refractivity contribution in [2.45, 2.75) is 6.54 Å². The van der Waals surface area contributed by atoms with Crippen molar-refractivity contribution >= 4 is 0 Å². The highest BCUT2D eigenvalue weighted by atomic mass is 19.1. The summed E-state index contributed by atoms with van der Waals surface area (Å²) >= 11 is 0. The van der Waals surface area contributed by atoms with Gasteiger partial charge in [0.1, 0.15) is 6.54 Å². The minimum absolute atomic E-state index is 0.0130. The smallest absolute Gasteiger partial charge is 0.165 e. The molecule has 0 atom stereocenters. The summed E-state index contributed by atoms with van der Waals surface area (Å²) < 4.78 is 17.6. The highest BCUT2D eigenvalue weighted by Crippen LogP contribution is 2.17. The molecule has 0 saturated carbocycles. The molecule has 4 heteroatoms. The fourth-order valence-electron chi connectivity index (χ4n) is 0.883. The van der Waals surface area contributed by atoms with Crippen LogP contribution in [0.4, 0.5) is 4.39 Å². The van der Waals surface area contributed by atoms with Crippen LogP contribution in [0, 0.1) is 10.7 Å². The zero-order chi connectivity index (χ0) is 8.97. The van der Waals surface area contributed by atoms with Crippen LogP contribution in [0.2, 0.25) is 0 Å². The van der Waals surface area contributed by atoms with Crippen LogP contribution in [0.1, 0.15) is 5.56 Å². The van der Waals surface area contributed by atoms with Crippen molar-refractivity contribution in [1.29, 1.82) is 0 Å². The average molecular weight is 169 g/mol. The highest BCUT2D eigenvalue weighted by molar-refractivity contribution is 5.29. The Balaban J connectivity index is 2.93. The maximum Gasteiger partial charge on any atom is 0.165 e. The van der Waals surface area contributed by atoms with Gasteiger partial charge < -0.3 is 4.74 Å². The normalized spacial score (nSPS) is 9.50. The lowest BCUT2D eigenvalue weighted by Crippen LogP contribution is -1.89. The van der Waals surface area contributed by atoms with E-state index >= 15 is 0 Å². The summed E-state index contributed by atoms with van der Waals surface area (Å²) in [6.45, 7) is -0.0130. The second-order valence-electron chi connectivity index (χ2n) is 2.26. The molecule has 1 aromatic rings. The summed E-state index contributed by atoms with van der Waals surface area (Å²) in [5.41, 5.74) is 0.545. The van der Waals surface area contributed by atoms with Crippen LogP contribution in [0.15, 0.2) is 23.4 Å². The Morgan fingerprint density at radius 1 is 1.58 bits per heavy atom. The van der Waals surface area contributed by atoms with E-state index in [0.717, 1.165) is 0 Å². The van der Waals surface area contributed by atoms with E-state index in [1.807, 2.05) is 0 Å². The number of halogens is 1. The van der Waals surface area contributed by atoms with Gasteiger partial charge in [0, 0.05) is 0 Å². The monoisotopic (exact) mass is 169 g/mol. The van der Waals surface area contributed by atoms with Gasteiger partial charge in [-0.3, -0.25) is 0 Å². The van der Waals surface area contributed by atoms with Crippen molar-refractivity contribution in [3.05, 3.63) is 34.5 Å². The highest BCUT2D eigenvalue weighted by Gasteiger charge is 2.02. The van der Waals surface area contributed by atoms with E-state index in [9.17, 15) is 9.30 Å². The van der Waals surface area contributed by atoms with Crippen molar-refractivity contribution in [2.75, 3.05) is 7.11 Å². The third-order valence-corrected chi connectivity index (χ3v) is 1.46. The largest absolute Gasteiger partial charge is 0.494 e. The van der Waals surface area contributed by atoms with E-state index in [-0.39, 0.29) is 12.3 Å². The Morgan fingerprint density at radius 3 is 2.83 bits per heavy atom. The van der Waals surface area contributed by atoms with E-state index in [1.165, 1.54) is 19.2 Å². The van der Waals surface area contributed by atoms with Crippen molar-refractivity contribution in [3.63, 3.8) is 0 Å². The molecule has 0 aromatic heterocycles. The molecule has 0 heterocycles. The Bertz CT molecular complexity index is 288. The van der Waals surface area contributed by atoms with E-state index in [2.05, 4.69) is 5.18 Å². The first-order valence-corrected chi connectivity index (χ1v) is 3.39. The Labute approximate surface area is 69.1 Å². The first-order chi connectivity index (χ1) is 5.77. The Hall–Kier alpha value is -1.45. The van der Waals surface area contributed by atoms with Crippen LogP contribution >= 0.6 is 0 Å². The number of hydrogen-bond donors (Lipinski definition) is 0. The molecule has 1 aromatic carbocycles. The molecule has 0 fully saturated rings. The number of nitrogens with zero attached hydrogens (tertiary/aromatic N) is 1. The van der Waals surface area contributed by atoms with Gasteiger partial charge in [0.2, 0.25) is 0 Å². The minimum atomic E-state index is -0.473. The maximum atomic E-state index is 12.9. The lowest BCUT2D eigenvalue weighted by molar-refractivity contribution is 0.386. The molecule has 0 spiro atoms. The van der Waals surface area contributed by atoms with Gasteiger partial charge in [-0.2, -0.15) is 4.91 Å². The molecule has 3 nitrogen and oxygen atoms in total. The third kappa shape index (κ3) is 1.78. The first kappa shape index (κ1) is 8.64. The number of rotatable bonds is 3. The van der Waals surface area contributed by atoms with Gasteiger partial charge in [0.25, 0.3) is 0 Å². The Morgan fingerprint density at radius 2 is 2.33 bits per heavy atom. The van der Waals surface area contributed by atoms with Crippen LogP contribution in [0.3, 0.4) is 0 Å². The predicted molar refractivity (Wildman–Crippen MR) is 42.5 cm³/mol. The summed E-state index contributed by atoms with van der Waals surface area (Å²) in [4.78, 5) is 9.84. The van der Waals surface area contributed by atoms with E-state index in [4.69, 9.17) is 4.74 Å². The number of benzene rings is 1. The summed E-state index contributed by atoms with van der Waals surface area (Å²) in [5.74, 6) is -0.303. The van der Waals surface area contributed by atoms with Crippen LogP contribution in [0.5, 0.6) is 5.75 Å². The number of hydrogen-bond acceptors (Lipinski definition) is 3. The molecular formula is C8H8FNO2. The number of methoxy groups -OCH3 is 1. The Kier molecular flexibility index (Phi) is 2.74. The molecule has 12 heavy (non-hydrogen) atoms. The molecule has 0 saturated heterocycles. The van der Waals surface area contributed by atoms with Crippen molar-refractivity contribution in [2.24, 2.45) is 5.18 Å². The second kappa shape index (κ2) is 3.80. The lowest BCUT2D eigenvalue weighted by atomic mass is 10.2. The quantitative estimate of drug-likeness (QED) is 0.650. The summed E-state index contributed by atoms with van der Waals surface area (Å²) in [6, 6.07) is 4.30. The zero-order valence-corrected chi connectivity index (χ0v) is 6.58. The molecule has 64 valence electrons. The molecule has 0 unspecified atom stereocenters. The molecule has 1 rings (SSSR count). The van der Waals surface area contributed by atoms with Gasteiger partial charge in [-0.15, -0.1) is 0 Å². The van der Waals surface area contributed by atoms with Gasteiger partial charge in [0.15, 0.2) is 11.6 Å². The molecule has 0 bridgehead atoms. The van der Waals surface area contributed by atoms with Crippen molar-refractivity contribution in [1.82, 2.24) is 0 Å². The third-order valence-electron chi connectivity index (χ3n) is 1.46. The maximum absolute atomic E-state index is 12.9. The fraction of sp³-hybridized carbons (Fsp3) is 0.250. The van der Waals surface area contributed by atoms with Gasteiger partial charge >= 0.3 is 0 Å². The second-order valence-corrected chi connectivity index (χ2v) is 2.26.